The smallest absolute Gasteiger partial charge is 0.334 e. The van der Waals surface area contributed by atoms with Crippen molar-refractivity contribution in [2.24, 2.45) is 0 Å². The maximum Gasteiger partial charge on any atom is 1.00 e. The molecule has 0 amide bonds. The summed E-state index contributed by atoms with van der Waals surface area (Å²) >= 11 is 0. The summed E-state index contributed by atoms with van der Waals surface area (Å²) in [6.45, 7) is 5.18. The zero-order valence-electron chi connectivity index (χ0n) is 5.41. The van der Waals surface area contributed by atoms with Crippen LogP contribution in [0.15, 0.2) is 0 Å². The second-order valence-electron chi connectivity index (χ2n) is 1.56. The van der Waals surface area contributed by atoms with E-state index in [4.69, 9.17) is 0 Å². The molecule has 0 N–H and O–H groups in total. The molecular formula is C5H9NaO. The third kappa shape index (κ3) is 6.54. The fourth-order valence-corrected chi connectivity index (χ4v) is 0. The third-order valence-corrected chi connectivity index (χ3v) is 0.704. The Morgan fingerprint density at radius 3 is 1.57 bits per heavy atom. The molecule has 0 bridgehead atoms. The Morgan fingerprint density at radius 2 is 1.57 bits per heavy atom. The molecule has 0 aromatic carbocycles. The number of carbonyl (C=O) groups excluding carboxylic acids is 1. The van der Waals surface area contributed by atoms with Gasteiger partial charge in [-0.25, -0.2) is 0 Å². The van der Waals surface area contributed by atoms with E-state index in [9.17, 15) is 4.79 Å². The summed E-state index contributed by atoms with van der Waals surface area (Å²) in [6, 6.07) is 0. The van der Waals surface area contributed by atoms with Crippen LogP contribution in [0.2, 0.25) is 0 Å². The molecule has 0 saturated heterocycles. The van der Waals surface area contributed by atoms with Gasteiger partial charge in [-0.3, -0.25) is 0 Å². The van der Waals surface area contributed by atoms with Crippen molar-refractivity contribution in [2.45, 2.75) is 20.8 Å². The van der Waals surface area contributed by atoms with E-state index in [-0.39, 0.29) is 35.3 Å². The van der Waals surface area contributed by atoms with Gasteiger partial charge in [0, 0.05) is 0 Å². The normalized spacial score (nSPS) is 6.71. The number of hydrogen-bond donors (Lipinski definition) is 0. The van der Waals surface area contributed by atoms with Gasteiger partial charge in [0.1, 0.15) is 0 Å². The fraction of sp³-hybridized carbons (Fsp3) is 0.600. The number of ketones is 1. The van der Waals surface area contributed by atoms with Crippen LogP contribution in [0.5, 0.6) is 0 Å². The summed E-state index contributed by atoms with van der Waals surface area (Å²) in [4.78, 5) is 10.1. The minimum Gasteiger partial charge on any atom is -0.334 e. The fourth-order valence-electron chi connectivity index (χ4n) is 0. The summed E-state index contributed by atoms with van der Waals surface area (Å²) < 4.78 is 0. The molecule has 0 unspecified atom stereocenters. The average molecular weight is 108 g/mol. The maximum atomic E-state index is 10.1. The Morgan fingerprint density at radius 1 is 1.43 bits per heavy atom. The quantitative estimate of drug-likeness (QED) is 0.286. The van der Waals surface area contributed by atoms with Crippen LogP contribution in [0.4, 0.5) is 0 Å². The van der Waals surface area contributed by atoms with Crippen LogP contribution < -0.4 is 29.6 Å². The molecule has 0 aromatic heterocycles. The van der Waals surface area contributed by atoms with Gasteiger partial charge in [0.2, 0.25) is 0 Å². The van der Waals surface area contributed by atoms with Gasteiger partial charge in [0.05, 0.1) is 0 Å². The molecule has 0 atom stereocenters. The monoisotopic (exact) mass is 108 g/mol. The van der Waals surface area contributed by atoms with Gasteiger partial charge in [-0.15, -0.1) is 0 Å². The summed E-state index contributed by atoms with van der Waals surface area (Å²) in [5, 5.41) is 0. The van der Waals surface area contributed by atoms with E-state index in [1.54, 1.807) is 6.92 Å². The van der Waals surface area contributed by atoms with E-state index in [1.807, 2.05) is 13.8 Å². The van der Waals surface area contributed by atoms with Crippen molar-refractivity contribution in [1.29, 1.82) is 0 Å². The molecule has 0 rings (SSSR count). The Balaban J connectivity index is 0. The summed E-state index contributed by atoms with van der Waals surface area (Å²) in [7, 11) is 0. The number of carbonyl (C=O) groups is 1. The topological polar surface area (TPSA) is 17.1 Å². The second-order valence-corrected chi connectivity index (χ2v) is 1.56. The summed E-state index contributed by atoms with van der Waals surface area (Å²) in [6.07, 6.45) is 0. The van der Waals surface area contributed by atoms with Gasteiger partial charge in [-0.05, 0) is 12.7 Å². The van der Waals surface area contributed by atoms with Crippen molar-refractivity contribution in [2.75, 3.05) is 0 Å². The molecular weight excluding hydrogens is 99.0 g/mol. The number of Topliss-reactive ketones (excluding diaryl/α,β-unsaturated/α-hetero) is 1. The van der Waals surface area contributed by atoms with Crippen LogP contribution in [-0.4, -0.2) is 5.78 Å². The van der Waals surface area contributed by atoms with E-state index in [2.05, 4.69) is 0 Å². The predicted molar refractivity (Wildman–Crippen MR) is 25.3 cm³/mol. The summed E-state index contributed by atoms with van der Waals surface area (Å²) in [5.41, 5.74) is 0. The molecule has 0 aromatic rings. The Kier molecular flexibility index (Phi) is 7.04. The van der Waals surface area contributed by atoms with Crippen LogP contribution in [0.1, 0.15) is 20.8 Å². The van der Waals surface area contributed by atoms with Gasteiger partial charge in [-0.2, -0.15) is 13.8 Å². The van der Waals surface area contributed by atoms with Gasteiger partial charge in [-0.1, -0.05) is 0 Å². The minimum atomic E-state index is 0. The summed E-state index contributed by atoms with van der Waals surface area (Å²) in [5.74, 6) is 1.05. The Labute approximate surface area is 66.8 Å². The number of hydrogen-bond acceptors (Lipinski definition) is 1. The molecule has 36 valence electrons. The van der Waals surface area contributed by atoms with Crippen LogP contribution in [0.3, 0.4) is 0 Å². The molecule has 2 heteroatoms. The van der Waals surface area contributed by atoms with Crippen LogP contribution >= 0.6 is 0 Å². The van der Waals surface area contributed by atoms with E-state index < -0.39 is 0 Å². The van der Waals surface area contributed by atoms with Crippen molar-refractivity contribution in [3.8, 4) is 0 Å². The first-order valence-corrected chi connectivity index (χ1v) is 1.95. The Bertz CT molecular complexity index is 59.1. The molecule has 0 aliphatic heterocycles. The van der Waals surface area contributed by atoms with Gasteiger partial charge < -0.3 is 10.7 Å². The number of rotatable bonds is 1. The molecule has 7 heavy (non-hydrogen) atoms. The molecule has 0 spiro atoms. The van der Waals surface area contributed by atoms with Gasteiger partial charge in [0.25, 0.3) is 0 Å². The van der Waals surface area contributed by atoms with Gasteiger partial charge in [0.15, 0.2) is 0 Å². The molecule has 0 saturated carbocycles. The average Bonchev–Trinajstić information content (AvgIpc) is 1.36. The molecule has 0 heterocycles. The van der Waals surface area contributed by atoms with E-state index in [0.29, 0.717) is 0 Å². The predicted octanol–water partition coefficient (Wildman–Crippen LogP) is -1.81. The van der Waals surface area contributed by atoms with Crippen molar-refractivity contribution >= 4 is 5.78 Å². The zero-order chi connectivity index (χ0) is 5.15. The van der Waals surface area contributed by atoms with Crippen molar-refractivity contribution in [3.63, 3.8) is 0 Å². The molecule has 0 radical (unpaired) electrons. The first-order chi connectivity index (χ1) is 2.64. The van der Waals surface area contributed by atoms with E-state index in [1.165, 1.54) is 0 Å². The minimum absolute atomic E-state index is 0. The molecule has 1 nitrogen and oxygen atoms in total. The van der Waals surface area contributed by atoms with Crippen LogP contribution in [-0.2, 0) is 4.79 Å². The van der Waals surface area contributed by atoms with E-state index >= 15 is 0 Å². The Hall–Kier alpha value is 0.540. The molecule has 0 aliphatic rings. The molecule has 0 fully saturated rings. The molecule has 0 aliphatic carbocycles. The third-order valence-electron chi connectivity index (χ3n) is 0.704. The van der Waals surface area contributed by atoms with Crippen molar-refractivity contribution in [1.82, 2.24) is 0 Å². The first-order valence-electron chi connectivity index (χ1n) is 1.95. The van der Waals surface area contributed by atoms with Gasteiger partial charge >= 0.3 is 29.6 Å². The van der Waals surface area contributed by atoms with Crippen molar-refractivity contribution in [3.05, 3.63) is 5.92 Å². The maximum absolute atomic E-state index is 10.1. The van der Waals surface area contributed by atoms with Crippen LogP contribution in [0.25, 0.3) is 0 Å². The second kappa shape index (κ2) is 4.69. The first kappa shape index (κ1) is 10.5. The zero-order valence-corrected chi connectivity index (χ0v) is 7.41. The van der Waals surface area contributed by atoms with Crippen molar-refractivity contribution < 1.29 is 34.4 Å². The largest absolute Gasteiger partial charge is 1.00 e. The van der Waals surface area contributed by atoms with E-state index in [0.717, 1.165) is 5.92 Å². The SMILES string of the molecule is CC(=O)[C-](C)C.[Na+]. The standard InChI is InChI=1S/C5H9O.Na/c1-4(2)5(3)6;/h1-3H3;/q-1;+1. The van der Waals surface area contributed by atoms with Crippen LogP contribution in [0, 0.1) is 5.92 Å².